The lowest BCUT2D eigenvalue weighted by molar-refractivity contribution is 0.206. The van der Waals surface area contributed by atoms with Crippen molar-refractivity contribution in [3.63, 3.8) is 0 Å². The largest absolute Gasteiger partial charge is 0.462 e. The molecule has 1 heterocycles. The Morgan fingerprint density at radius 3 is 2.46 bits per heavy atom. The van der Waals surface area contributed by atoms with Gasteiger partial charge < -0.3 is 14.4 Å². The molecule has 1 aliphatic rings. The summed E-state index contributed by atoms with van der Waals surface area (Å²) in [5.74, 6) is 1.23. The molecule has 0 bridgehead atoms. The summed E-state index contributed by atoms with van der Waals surface area (Å²) in [4.78, 5) is 2.13. The van der Waals surface area contributed by atoms with Crippen LogP contribution in [-0.2, 0) is 9.47 Å². The Morgan fingerprint density at radius 2 is 1.85 bits per heavy atom. The maximum Gasteiger partial charge on any atom is 0.137 e. The Morgan fingerprint density at radius 1 is 1.15 bits per heavy atom. The molecular formula is C21H21N3O2. The summed E-state index contributed by atoms with van der Waals surface area (Å²) in [7, 11) is 3.72. The molecule has 0 aliphatic carbocycles. The van der Waals surface area contributed by atoms with Crippen molar-refractivity contribution >= 4 is 11.8 Å². The van der Waals surface area contributed by atoms with Gasteiger partial charge in [-0.3, -0.25) is 0 Å². The number of nitriles is 2. The van der Waals surface area contributed by atoms with Crippen LogP contribution in [-0.4, -0.2) is 27.3 Å². The highest BCUT2D eigenvalue weighted by atomic mass is 16.5. The van der Waals surface area contributed by atoms with Crippen LogP contribution in [0.5, 0.6) is 0 Å². The first kappa shape index (κ1) is 19.1. The first-order valence-corrected chi connectivity index (χ1v) is 8.18. The topological polar surface area (TPSA) is 69.3 Å². The van der Waals surface area contributed by atoms with E-state index >= 15 is 0 Å². The number of nitrogens with zero attached hydrogens (tertiary/aromatic N) is 3. The maximum atomic E-state index is 9.02. The van der Waals surface area contributed by atoms with E-state index in [1.165, 1.54) is 0 Å². The van der Waals surface area contributed by atoms with Crippen LogP contribution in [0.15, 0.2) is 65.2 Å². The van der Waals surface area contributed by atoms with Crippen LogP contribution in [0.4, 0.5) is 5.69 Å². The van der Waals surface area contributed by atoms with Gasteiger partial charge in [0, 0.05) is 32.0 Å². The predicted octanol–water partition coefficient (Wildman–Crippen LogP) is 3.94. The number of hydrogen-bond donors (Lipinski definition) is 0. The van der Waals surface area contributed by atoms with Gasteiger partial charge in [0.05, 0.1) is 6.61 Å². The number of likely N-dealkylation sites (N-methyl/N-ethyl adjacent to an activating group) is 1. The Balaban J connectivity index is 2.13. The molecule has 0 spiro atoms. The van der Waals surface area contributed by atoms with Gasteiger partial charge in [0.25, 0.3) is 0 Å². The fraction of sp³-hybridized carbons (Fsp3) is 0.238. The zero-order chi connectivity index (χ0) is 18.9. The quantitative estimate of drug-likeness (QED) is 0.729. The van der Waals surface area contributed by atoms with E-state index in [1.54, 1.807) is 26.2 Å². The van der Waals surface area contributed by atoms with Crippen molar-refractivity contribution in [1.82, 2.24) is 0 Å². The van der Waals surface area contributed by atoms with Gasteiger partial charge in [0.15, 0.2) is 0 Å². The number of hydrogen-bond acceptors (Lipinski definition) is 5. The highest BCUT2D eigenvalue weighted by molar-refractivity contribution is 5.59. The van der Waals surface area contributed by atoms with Crippen LogP contribution in [0.25, 0.3) is 6.08 Å². The lowest BCUT2D eigenvalue weighted by Crippen LogP contribution is -2.21. The minimum absolute atomic E-state index is 0.0713. The summed E-state index contributed by atoms with van der Waals surface area (Å²) in [5, 5.41) is 18.0. The van der Waals surface area contributed by atoms with Crippen molar-refractivity contribution in [3.05, 3.63) is 70.7 Å². The molecule has 0 N–H and O–H groups in total. The normalized spacial score (nSPS) is 13.3. The fourth-order valence-electron chi connectivity index (χ4n) is 2.41. The Labute approximate surface area is 154 Å². The van der Waals surface area contributed by atoms with E-state index in [4.69, 9.17) is 20.0 Å². The van der Waals surface area contributed by atoms with Gasteiger partial charge >= 0.3 is 0 Å². The third kappa shape index (κ3) is 5.11. The Hall–Kier alpha value is -3.28. The van der Waals surface area contributed by atoms with Crippen LogP contribution < -0.4 is 4.90 Å². The molecule has 5 heteroatoms. The monoisotopic (exact) mass is 347 g/mol. The molecule has 1 aliphatic heterocycles. The number of rotatable bonds is 6. The summed E-state index contributed by atoms with van der Waals surface area (Å²) >= 11 is 0. The van der Waals surface area contributed by atoms with Gasteiger partial charge in [-0.2, -0.15) is 10.5 Å². The summed E-state index contributed by atoms with van der Waals surface area (Å²) in [6.07, 6.45) is 7.13. The zero-order valence-electron chi connectivity index (χ0n) is 15.2. The first-order valence-electron chi connectivity index (χ1n) is 8.18. The van der Waals surface area contributed by atoms with Gasteiger partial charge in [0.2, 0.25) is 0 Å². The van der Waals surface area contributed by atoms with Crippen LogP contribution in [0.1, 0.15) is 12.5 Å². The smallest absolute Gasteiger partial charge is 0.137 e. The van der Waals surface area contributed by atoms with Crippen molar-refractivity contribution in [3.8, 4) is 12.1 Å². The predicted molar refractivity (Wildman–Crippen MR) is 102 cm³/mol. The third-order valence-electron chi connectivity index (χ3n) is 3.85. The standard InChI is InChI=1S/C21H21N3O2/c1-16-12-18(19(14-22)15-23)13-21(26-16)9-6-17-4-7-20(8-5-17)24(2)10-11-25-3/h4-9,12-13H,10-11H2,1-3H3/b9-6+. The van der Waals surface area contributed by atoms with E-state index in [-0.39, 0.29) is 5.57 Å². The van der Waals surface area contributed by atoms with Crippen molar-refractivity contribution in [2.75, 3.05) is 32.2 Å². The number of methoxy groups -OCH3 is 1. The molecule has 1 aromatic rings. The van der Waals surface area contributed by atoms with E-state index in [0.717, 1.165) is 17.8 Å². The molecule has 2 rings (SSSR count). The van der Waals surface area contributed by atoms with Gasteiger partial charge in [0.1, 0.15) is 29.2 Å². The van der Waals surface area contributed by atoms with E-state index in [1.807, 2.05) is 55.6 Å². The van der Waals surface area contributed by atoms with E-state index in [0.29, 0.717) is 23.7 Å². The SMILES string of the molecule is COCCN(C)c1ccc(/C=C/C2=CC(=C(C#N)C#N)C=C(C)O2)cc1. The number of benzene rings is 1. The second-order valence-corrected chi connectivity index (χ2v) is 5.80. The number of anilines is 1. The number of allylic oxidation sites excluding steroid dienone is 6. The molecule has 0 saturated carbocycles. The highest BCUT2D eigenvalue weighted by Crippen LogP contribution is 2.23. The van der Waals surface area contributed by atoms with Gasteiger partial charge in [-0.15, -0.1) is 0 Å². The molecule has 132 valence electrons. The molecule has 0 saturated heterocycles. The van der Waals surface area contributed by atoms with Crippen molar-refractivity contribution < 1.29 is 9.47 Å². The summed E-state index contributed by atoms with van der Waals surface area (Å²) in [5.41, 5.74) is 2.77. The maximum absolute atomic E-state index is 9.02. The molecule has 0 amide bonds. The lowest BCUT2D eigenvalue weighted by Gasteiger charge is -2.18. The summed E-state index contributed by atoms with van der Waals surface area (Å²) in [6.45, 7) is 3.30. The zero-order valence-corrected chi connectivity index (χ0v) is 15.2. The van der Waals surface area contributed by atoms with Gasteiger partial charge in [-0.1, -0.05) is 18.2 Å². The number of ether oxygens (including phenoxy) is 2. The minimum Gasteiger partial charge on any atom is -0.462 e. The summed E-state index contributed by atoms with van der Waals surface area (Å²) in [6, 6.07) is 11.9. The van der Waals surface area contributed by atoms with Crippen LogP contribution in [0.2, 0.25) is 0 Å². The first-order chi connectivity index (χ1) is 12.6. The van der Waals surface area contributed by atoms with Crippen LogP contribution >= 0.6 is 0 Å². The molecule has 5 nitrogen and oxygen atoms in total. The fourth-order valence-corrected chi connectivity index (χ4v) is 2.41. The lowest BCUT2D eigenvalue weighted by atomic mass is 10.1. The van der Waals surface area contributed by atoms with E-state index in [9.17, 15) is 0 Å². The van der Waals surface area contributed by atoms with Crippen molar-refractivity contribution in [1.29, 1.82) is 10.5 Å². The second kappa shape index (κ2) is 9.27. The average Bonchev–Trinajstić information content (AvgIpc) is 2.65. The molecule has 1 aromatic carbocycles. The van der Waals surface area contributed by atoms with E-state index in [2.05, 4.69) is 4.90 Å². The van der Waals surface area contributed by atoms with Crippen molar-refractivity contribution in [2.24, 2.45) is 0 Å². The third-order valence-corrected chi connectivity index (χ3v) is 3.85. The van der Waals surface area contributed by atoms with Crippen LogP contribution in [0, 0.1) is 22.7 Å². The molecule has 0 aromatic heterocycles. The molecule has 0 radical (unpaired) electrons. The minimum atomic E-state index is 0.0713. The Kier molecular flexibility index (Phi) is 6.79. The molecule has 0 atom stereocenters. The molecular weight excluding hydrogens is 326 g/mol. The highest BCUT2D eigenvalue weighted by Gasteiger charge is 2.10. The van der Waals surface area contributed by atoms with E-state index < -0.39 is 0 Å². The molecule has 0 unspecified atom stereocenters. The molecule has 0 fully saturated rings. The van der Waals surface area contributed by atoms with Crippen molar-refractivity contribution in [2.45, 2.75) is 6.92 Å². The molecule has 26 heavy (non-hydrogen) atoms. The summed E-state index contributed by atoms with van der Waals surface area (Å²) < 4.78 is 10.7. The second-order valence-electron chi connectivity index (χ2n) is 5.80. The van der Waals surface area contributed by atoms with Gasteiger partial charge in [-0.25, -0.2) is 0 Å². The van der Waals surface area contributed by atoms with Gasteiger partial charge in [-0.05, 0) is 42.8 Å². The average molecular weight is 347 g/mol. The Bertz CT molecular complexity index is 831. The van der Waals surface area contributed by atoms with Crippen LogP contribution in [0.3, 0.4) is 0 Å².